The normalized spacial score (nSPS) is 19.1. The highest BCUT2D eigenvalue weighted by Gasteiger charge is 2.30. The van der Waals surface area contributed by atoms with Crippen molar-refractivity contribution in [1.29, 1.82) is 0 Å². The molecular formula is C26H23N9OS. The molecule has 0 bridgehead atoms. The number of nitrogens with zero attached hydrogens (tertiary/aromatic N) is 3. The smallest absolute Gasteiger partial charge is 0.271 e. The van der Waals surface area contributed by atoms with Gasteiger partial charge in [0.1, 0.15) is 0 Å². The van der Waals surface area contributed by atoms with Gasteiger partial charge < -0.3 is 27.4 Å². The number of benzene rings is 1. The van der Waals surface area contributed by atoms with Gasteiger partial charge in [-0.2, -0.15) is 5.10 Å². The quantitative estimate of drug-likeness (QED) is 0.216. The Bertz CT molecular complexity index is 1670. The first-order valence-corrected chi connectivity index (χ1v) is 12.4. The summed E-state index contributed by atoms with van der Waals surface area (Å²) < 4.78 is 0.976. The monoisotopic (exact) mass is 509 g/mol. The van der Waals surface area contributed by atoms with Gasteiger partial charge in [0.15, 0.2) is 11.6 Å². The van der Waals surface area contributed by atoms with Crippen LogP contribution in [0.3, 0.4) is 0 Å². The van der Waals surface area contributed by atoms with Crippen LogP contribution in [0.2, 0.25) is 0 Å². The van der Waals surface area contributed by atoms with Crippen molar-refractivity contribution in [2.24, 2.45) is 17.4 Å². The Morgan fingerprint density at radius 2 is 2.08 bits per heavy atom. The molecular weight excluding hydrogens is 486 g/mol. The van der Waals surface area contributed by atoms with Crippen LogP contribution in [0.4, 0.5) is 11.5 Å². The van der Waals surface area contributed by atoms with Crippen LogP contribution < -0.4 is 27.4 Å². The predicted molar refractivity (Wildman–Crippen MR) is 146 cm³/mol. The number of aromatic nitrogens is 4. The molecule has 3 aromatic heterocycles. The van der Waals surface area contributed by atoms with Gasteiger partial charge >= 0.3 is 0 Å². The number of nitrogens with one attached hydrogen (secondary N) is 4. The third-order valence-corrected chi connectivity index (χ3v) is 7.09. The number of fused-ring (bicyclic) bond motifs is 3. The maximum atomic E-state index is 12.7. The fraction of sp³-hybridized carbons (Fsp3) is 0.0769. The summed E-state index contributed by atoms with van der Waals surface area (Å²) in [7, 11) is 0. The summed E-state index contributed by atoms with van der Waals surface area (Å²) in [6.45, 7) is 0. The van der Waals surface area contributed by atoms with Crippen LogP contribution in [0.1, 0.15) is 5.82 Å². The van der Waals surface area contributed by atoms with Crippen LogP contribution in [-0.2, 0) is 4.79 Å². The number of thiophene rings is 1. The lowest BCUT2D eigenvalue weighted by Gasteiger charge is -2.19. The molecule has 1 amide bonds. The number of nitrogens with two attached hydrogens (primary N) is 2. The molecule has 1 aliphatic carbocycles. The Kier molecular flexibility index (Phi) is 5.66. The summed E-state index contributed by atoms with van der Waals surface area (Å²) in [4.78, 5) is 22.4. The summed E-state index contributed by atoms with van der Waals surface area (Å²) >= 11 is 1.59. The average Bonchev–Trinajstić information content (AvgIpc) is 3.66. The first-order valence-electron chi connectivity index (χ1n) is 11.6. The van der Waals surface area contributed by atoms with E-state index in [9.17, 15) is 4.79 Å². The molecule has 0 radical (unpaired) electrons. The number of hydrogen-bond donors (Lipinski definition) is 6. The van der Waals surface area contributed by atoms with Crippen LogP contribution in [0.15, 0.2) is 90.0 Å². The Balaban J connectivity index is 1.26. The first-order chi connectivity index (χ1) is 18.1. The van der Waals surface area contributed by atoms with Gasteiger partial charge in [-0.05, 0) is 48.0 Å². The van der Waals surface area contributed by atoms with Crippen molar-refractivity contribution >= 4 is 55.4 Å². The Morgan fingerprint density at radius 3 is 2.95 bits per heavy atom. The molecule has 10 nitrogen and oxygen atoms in total. The van der Waals surface area contributed by atoms with Gasteiger partial charge in [0.2, 0.25) is 0 Å². The second-order valence-electron chi connectivity index (χ2n) is 8.57. The molecule has 1 aliphatic heterocycles. The van der Waals surface area contributed by atoms with Crippen molar-refractivity contribution in [3.05, 3.63) is 95.8 Å². The zero-order valence-corrected chi connectivity index (χ0v) is 20.3. The number of amides is 1. The van der Waals surface area contributed by atoms with E-state index in [-0.39, 0.29) is 17.9 Å². The van der Waals surface area contributed by atoms with Crippen molar-refractivity contribution in [2.45, 2.75) is 6.04 Å². The van der Waals surface area contributed by atoms with E-state index in [1.54, 1.807) is 17.5 Å². The standard InChI is InChI=1S/C26H23N9OS/c27-7-5-18(12-28)31-26(36)22-10-14-1-2-15(11-21(14)32-22)24-33-20-6-8-37-23(20)25(34-24)30-17-3-4-19-16(9-17)13-29-35-19/h1-14,21,32H,27-28H2,(H,29,35)(H,31,36)(H,30,33,34)/b7-5-,18-12+. The summed E-state index contributed by atoms with van der Waals surface area (Å²) in [5.74, 6) is 1.09. The molecule has 4 heterocycles. The topological polar surface area (TPSA) is 160 Å². The third-order valence-electron chi connectivity index (χ3n) is 6.18. The largest absolute Gasteiger partial charge is 0.405 e. The van der Waals surface area contributed by atoms with Gasteiger partial charge in [-0.3, -0.25) is 9.89 Å². The van der Waals surface area contributed by atoms with Crippen molar-refractivity contribution in [1.82, 2.24) is 30.8 Å². The number of H-pyrrole nitrogens is 1. The summed E-state index contributed by atoms with van der Waals surface area (Å²) in [5, 5.41) is 19.6. The molecule has 2 atom stereocenters. The van der Waals surface area contributed by atoms with E-state index in [4.69, 9.17) is 21.4 Å². The van der Waals surface area contributed by atoms with Crippen LogP contribution in [0, 0.1) is 5.92 Å². The lowest BCUT2D eigenvalue weighted by atomic mass is 9.93. The van der Waals surface area contributed by atoms with E-state index in [0.717, 1.165) is 38.2 Å². The van der Waals surface area contributed by atoms with Crippen LogP contribution in [0.5, 0.6) is 0 Å². The van der Waals surface area contributed by atoms with E-state index < -0.39 is 0 Å². The highest BCUT2D eigenvalue weighted by atomic mass is 32.1. The Morgan fingerprint density at radius 1 is 1.16 bits per heavy atom. The lowest BCUT2D eigenvalue weighted by molar-refractivity contribution is -0.117. The van der Waals surface area contributed by atoms with Gasteiger partial charge in [0.25, 0.3) is 5.91 Å². The molecule has 1 aromatic carbocycles. The zero-order valence-electron chi connectivity index (χ0n) is 19.5. The van der Waals surface area contributed by atoms with Gasteiger partial charge in [0, 0.05) is 28.8 Å². The van der Waals surface area contributed by atoms with Crippen molar-refractivity contribution in [3.8, 4) is 0 Å². The highest BCUT2D eigenvalue weighted by molar-refractivity contribution is 7.17. The molecule has 0 fully saturated rings. The molecule has 8 N–H and O–H groups in total. The summed E-state index contributed by atoms with van der Waals surface area (Å²) in [5.41, 5.74) is 15.5. The fourth-order valence-corrected chi connectivity index (χ4v) is 5.15. The van der Waals surface area contributed by atoms with Crippen molar-refractivity contribution < 1.29 is 4.79 Å². The van der Waals surface area contributed by atoms with Gasteiger partial charge in [-0.25, -0.2) is 9.97 Å². The first kappa shape index (κ1) is 22.6. The highest BCUT2D eigenvalue weighted by Crippen LogP contribution is 2.33. The number of hydrogen-bond acceptors (Lipinski definition) is 9. The maximum absolute atomic E-state index is 12.7. The second kappa shape index (κ2) is 9.28. The number of carbonyl (C=O) groups is 1. The van der Waals surface area contributed by atoms with Gasteiger partial charge in [-0.15, -0.1) is 11.3 Å². The lowest BCUT2D eigenvalue weighted by Crippen LogP contribution is -2.34. The Hall–Kier alpha value is -4.90. The van der Waals surface area contributed by atoms with E-state index >= 15 is 0 Å². The predicted octanol–water partition coefficient (Wildman–Crippen LogP) is 3.12. The molecule has 0 saturated heterocycles. The Labute approximate surface area is 215 Å². The molecule has 0 spiro atoms. The maximum Gasteiger partial charge on any atom is 0.271 e. The molecule has 4 aromatic rings. The fourth-order valence-electron chi connectivity index (χ4n) is 4.38. The average molecular weight is 510 g/mol. The molecule has 2 unspecified atom stereocenters. The van der Waals surface area contributed by atoms with E-state index in [1.165, 1.54) is 18.5 Å². The van der Waals surface area contributed by atoms with E-state index in [1.807, 2.05) is 47.9 Å². The second-order valence-corrected chi connectivity index (χ2v) is 9.49. The minimum atomic E-state index is -0.287. The van der Waals surface area contributed by atoms with Gasteiger partial charge in [0.05, 0.1) is 39.4 Å². The van der Waals surface area contributed by atoms with Crippen molar-refractivity contribution in [2.75, 3.05) is 5.32 Å². The minimum absolute atomic E-state index is 0.0315. The van der Waals surface area contributed by atoms with Gasteiger partial charge in [-0.1, -0.05) is 18.2 Å². The number of anilines is 2. The number of allylic oxidation sites excluding steroid dienone is 3. The van der Waals surface area contributed by atoms with Crippen LogP contribution in [-0.4, -0.2) is 32.1 Å². The molecule has 11 heteroatoms. The third kappa shape index (κ3) is 4.32. The molecule has 0 saturated carbocycles. The summed E-state index contributed by atoms with van der Waals surface area (Å²) in [6, 6.07) is 7.89. The molecule has 184 valence electrons. The molecule has 37 heavy (non-hydrogen) atoms. The number of rotatable bonds is 6. The van der Waals surface area contributed by atoms with Crippen LogP contribution >= 0.6 is 11.3 Å². The zero-order chi connectivity index (χ0) is 25.4. The molecule has 2 aliphatic rings. The van der Waals surface area contributed by atoms with Crippen molar-refractivity contribution in [3.63, 3.8) is 0 Å². The number of aromatic amines is 1. The summed E-state index contributed by atoms with van der Waals surface area (Å²) in [6.07, 6.45) is 13.9. The van der Waals surface area contributed by atoms with Crippen LogP contribution in [0.25, 0.3) is 26.7 Å². The molecule has 6 rings (SSSR count). The van der Waals surface area contributed by atoms with E-state index in [0.29, 0.717) is 17.2 Å². The van der Waals surface area contributed by atoms with E-state index in [2.05, 4.69) is 32.2 Å². The minimum Gasteiger partial charge on any atom is -0.405 e. The SMILES string of the molecule is N/C=C\C(=C/N)NC(=O)C1=CC2C=CC(c3nc(Nc4ccc5[nH]ncc5c4)c4sccc4n3)=CC2N1. The number of carbonyl (C=O) groups excluding carboxylic acids is 1.